The van der Waals surface area contributed by atoms with Crippen LogP contribution in [0.25, 0.3) is 0 Å². The van der Waals surface area contributed by atoms with E-state index in [1.807, 2.05) is 25.1 Å². The minimum Gasteiger partial charge on any atom is -0.490 e. The van der Waals surface area contributed by atoms with Crippen LogP contribution in [0, 0.1) is 0 Å². The molecule has 0 saturated heterocycles. The first-order chi connectivity index (χ1) is 15.4. The van der Waals surface area contributed by atoms with Gasteiger partial charge < -0.3 is 9.47 Å². The lowest BCUT2D eigenvalue weighted by Crippen LogP contribution is -2.18. The minimum absolute atomic E-state index is 0.283. The molecule has 166 valence electrons. The summed E-state index contributed by atoms with van der Waals surface area (Å²) < 4.78 is 13.1. The number of benzene rings is 3. The Bertz CT molecular complexity index is 1160. The fraction of sp³-hybridized carbons (Fsp3) is 0.130. The molecule has 0 aliphatic heterocycles. The number of nitrogens with zero attached hydrogens (tertiary/aromatic N) is 1. The van der Waals surface area contributed by atoms with E-state index < -0.39 is 0 Å². The molecule has 0 heterocycles. The third-order valence-corrected chi connectivity index (χ3v) is 6.22. The number of carbonyl (C=O) groups excluding carboxylic acids is 1. The molecule has 1 amide bonds. The van der Waals surface area contributed by atoms with Gasteiger partial charge in [0.2, 0.25) is 0 Å². The second kappa shape index (κ2) is 11.7. The topological polar surface area (TPSA) is 59.9 Å². The summed E-state index contributed by atoms with van der Waals surface area (Å²) in [5.41, 5.74) is 4.60. The van der Waals surface area contributed by atoms with Crippen molar-refractivity contribution < 1.29 is 14.3 Å². The maximum absolute atomic E-state index is 12.3. The van der Waals surface area contributed by atoms with E-state index in [4.69, 9.17) is 32.7 Å². The van der Waals surface area contributed by atoms with Crippen LogP contribution in [0.3, 0.4) is 0 Å². The SMILES string of the molecule is CCOc1cc(/C=N\NC(=O)c2ccccc2Br)cc(Br)c1OCc1ccc(Cl)c(Cl)c1. The molecule has 1 N–H and O–H groups in total. The number of nitrogens with one attached hydrogen (secondary N) is 1. The van der Waals surface area contributed by atoms with Crippen molar-refractivity contribution in [2.75, 3.05) is 6.61 Å². The van der Waals surface area contributed by atoms with Crippen LogP contribution < -0.4 is 14.9 Å². The van der Waals surface area contributed by atoms with Crippen molar-refractivity contribution in [3.63, 3.8) is 0 Å². The van der Waals surface area contributed by atoms with Crippen LogP contribution in [-0.2, 0) is 6.61 Å². The number of carbonyl (C=O) groups is 1. The maximum Gasteiger partial charge on any atom is 0.272 e. The Labute approximate surface area is 213 Å². The highest BCUT2D eigenvalue weighted by Crippen LogP contribution is 2.37. The van der Waals surface area contributed by atoms with Crippen LogP contribution in [0.15, 0.2) is 68.6 Å². The fourth-order valence-corrected chi connectivity index (χ4v) is 4.08. The van der Waals surface area contributed by atoms with E-state index in [2.05, 4.69) is 42.4 Å². The lowest BCUT2D eigenvalue weighted by atomic mass is 10.2. The summed E-state index contributed by atoms with van der Waals surface area (Å²) in [5, 5.41) is 5.01. The molecule has 5 nitrogen and oxygen atoms in total. The molecule has 3 aromatic carbocycles. The molecular weight excluding hydrogens is 583 g/mol. The Balaban J connectivity index is 1.74. The van der Waals surface area contributed by atoms with Gasteiger partial charge in [-0.25, -0.2) is 5.43 Å². The van der Waals surface area contributed by atoms with Gasteiger partial charge in [-0.1, -0.05) is 41.4 Å². The first-order valence-corrected chi connectivity index (χ1v) is 11.8. The highest BCUT2D eigenvalue weighted by Gasteiger charge is 2.13. The Hall–Kier alpha value is -2.06. The molecular formula is C23H18Br2Cl2N2O3. The van der Waals surface area contributed by atoms with Crippen LogP contribution in [0.4, 0.5) is 0 Å². The molecule has 0 aliphatic carbocycles. The zero-order valence-corrected chi connectivity index (χ0v) is 21.6. The second-order valence-corrected chi connectivity index (χ2v) is 9.00. The molecule has 32 heavy (non-hydrogen) atoms. The monoisotopic (exact) mass is 598 g/mol. The van der Waals surface area contributed by atoms with E-state index >= 15 is 0 Å². The van der Waals surface area contributed by atoms with Gasteiger partial charge in [0.1, 0.15) is 6.61 Å². The van der Waals surface area contributed by atoms with Gasteiger partial charge >= 0.3 is 0 Å². The normalized spacial score (nSPS) is 10.9. The van der Waals surface area contributed by atoms with Crippen LogP contribution in [0.5, 0.6) is 11.5 Å². The van der Waals surface area contributed by atoms with Gasteiger partial charge in [0.25, 0.3) is 5.91 Å². The van der Waals surface area contributed by atoms with Crippen LogP contribution in [0.2, 0.25) is 10.0 Å². The van der Waals surface area contributed by atoms with Gasteiger partial charge in [0.05, 0.1) is 32.9 Å². The van der Waals surface area contributed by atoms with E-state index in [0.717, 1.165) is 11.1 Å². The molecule has 0 bridgehead atoms. The third kappa shape index (κ3) is 6.48. The fourth-order valence-electron chi connectivity index (χ4n) is 2.72. The van der Waals surface area contributed by atoms with E-state index in [0.29, 0.717) is 42.7 Å². The zero-order valence-electron chi connectivity index (χ0n) is 16.9. The first-order valence-electron chi connectivity index (χ1n) is 9.50. The molecule has 3 rings (SSSR count). The molecule has 0 radical (unpaired) electrons. The van der Waals surface area contributed by atoms with E-state index in [1.165, 1.54) is 6.21 Å². The molecule has 0 atom stereocenters. The number of rotatable bonds is 8. The number of amides is 1. The maximum atomic E-state index is 12.3. The number of hydrogen-bond acceptors (Lipinski definition) is 4. The minimum atomic E-state index is -0.320. The molecule has 0 fully saturated rings. The number of hydrogen-bond donors (Lipinski definition) is 1. The van der Waals surface area contributed by atoms with Crippen molar-refractivity contribution >= 4 is 67.2 Å². The first kappa shape index (κ1) is 24.6. The summed E-state index contributed by atoms with van der Waals surface area (Å²) in [5.74, 6) is 0.771. The van der Waals surface area contributed by atoms with Crippen molar-refractivity contribution in [2.24, 2.45) is 5.10 Å². The van der Waals surface area contributed by atoms with Crippen molar-refractivity contribution in [2.45, 2.75) is 13.5 Å². The molecule has 3 aromatic rings. The van der Waals surface area contributed by atoms with Gasteiger partial charge in [-0.3, -0.25) is 4.79 Å². The van der Waals surface area contributed by atoms with Crippen molar-refractivity contribution in [3.8, 4) is 11.5 Å². The van der Waals surface area contributed by atoms with Crippen molar-refractivity contribution in [3.05, 3.63) is 90.3 Å². The highest BCUT2D eigenvalue weighted by atomic mass is 79.9. The van der Waals surface area contributed by atoms with Gasteiger partial charge in [-0.15, -0.1) is 0 Å². The van der Waals surface area contributed by atoms with Crippen molar-refractivity contribution in [1.29, 1.82) is 0 Å². The average Bonchev–Trinajstić information content (AvgIpc) is 2.76. The second-order valence-electron chi connectivity index (χ2n) is 6.48. The number of ether oxygens (including phenoxy) is 2. The van der Waals surface area contributed by atoms with Gasteiger partial charge in [0, 0.05) is 4.47 Å². The standard InChI is InChI=1S/C23H18Br2Cl2N2O3/c1-2-31-21-11-15(12-28-29-23(30)16-5-3-4-6-17(16)24)9-18(25)22(21)32-13-14-7-8-19(26)20(27)10-14/h3-12H,2,13H2,1H3,(H,29,30)/b28-12-. The highest BCUT2D eigenvalue weighted by molar-refractivity contribution is 9.10. The van der Waals surface area contributed by atoms with E-state index in [9.17, 15) is 4.79 Å². The summed E-state index contributed by atoms with van der Waals surface area (Å²) in [7, 11) is 0. The predicted molar refractivity (Wildman–Crippen MR) is 135 cm³/mol. The van der Waals surface area contributed by atoms with Crippen LogP contribution in [0.1, 0.15) is 28.4 Å². The Kier molecular flexibility index (Phi) is 8.99. The smallest absolute Gasteiger partial charge is 0.272 e. The molecule has 0 spiro atoms. The van der Waals surface area contributed by atoms with Gasteiger partial charge in [-0.2, -0.15) is 5.10 Å². The van der Waals surface area contributed by atoms with E-state index in [1.54, 1.807) is 36.4 Å². The average molecular weight is 601 g/mol. The molecule has 0 saturated carbocycles. The summed E-state index contributed by atoms with van der Waals surface area (Å²) >= 11 is 18.9. The van der Waals surface area contributed by atoms with Crippen LogP contribution >= 0.6 is 55.1 Å². The molecule has 0 unspecified atom stereocenters. The lowest BCUT2D eigenvalue weighted by Gasteiger charge is -2.15. The predicted octanol–water partition coefficient (Wildman–Crippen LogP) is 7.26. The summed E-state index contributed by atoms with van der Waals surface area (Å²) in [6.07, 6.45) is 1.53. The zero-order chi connectivity index (χ0) is 23.1. The van der Waals surface area contributed by atoms with Gasteiger partial charge in [-0.05, 0) is 86.3 Å². The Morgan fingerprint density at radius 3 is 2.53 bits per heavy atom. The van der Waals surface area contributed by atoms with Crippen molar-refractivity contribution in [1.82, 2.24) is 5.43 Å². The quantitative estimate of drug-likeness (QED) is 0.219. The largest absolute Gasteiger partial charge is 0.490 e. The molecule has 9 heteroatoms. The van der Waals surface area contributed by atoms with Crippen LogP contribution in [-0.4, -0.2) is 18.7 Å². The Morgan fingerprint density at radius 2 is 1.81 bits per heavy atom. The van der Waals surface area contributed by atoms with Gasteiger partial charge in [0.15, 0.2) is 11.5 Å². The third-order valence-electron chi connectivity index (χ3n) is 4.20. The number of halogens is 4. The number of hydrazone groups is 1. The molecule has 0 aromatic heterocycles. The summed E-state index contributed by atoms with van der Waals surface area (Å²) in [6.45, 7) is 2.62. The lowest BCUT2D eigenvalue weighted by molar-refractivity contribution is 0.0954. The molecule has 0 aliphatic rings. The Morgan fingerprint density at radius 1 is 1.03 bits per heavy atom. The summed E-state index contributed by atoms with van der Waals surface area (Å²) in [4.78, 5) is 12.3. The summed E-state index contributed by atoms with van der Waals surface area (Å²) in [6, 6.07) is 16.0. The van der Waals surface area contributed by atoms with E-state index in [-0.39, 0.29) is 12.5 Å².